The molecular weight excluding hydrogens is 348 g/mol. The summed E-state index contributed by atoms with van der Waals surface area (Å²) in [4.78, 5) is 22.6. The topological polar surface area (TPSA) is 117 Å². The molecule has 2 rings (SSSR count). The maximum atomic E-state index is 12.2. The highest BCUT2D eigenvalue weighted by molar-refractivity contribution is 6.30. The summed E-state index contributed by atoms with van der Waals surface area (Å²) in [6, 6.07) is 12.4. The highest BCUT2D eigenvalue weighted by Gasteiger charge is 2.17. The molecule has 0 fully saturated rings. The van der Waals surface area contributed by atoms with Crippen LogP contribution in [0.1, 0.15) is 6.92 Å². The standard InChI is InChI=1S/C16H13ClN4O4/c1-10(22)15(16(23)18-12-5-3-2-4-6-12)20-19-13-8-7-11(17)9-14(13)21(24)25/h2-9,22H,1H3,(H,18,23)/b15-10-,20-19?. The molecule has 128 valence electrons. The van der Waals surface area contributed by atoms with Gasteiger partial charge in [0.2, 0.25) is 0 Å². The van der Waals surface area contributed by atoms with Crippen molar-refractivity contribution in [2.75, 3.05) is 5.32 Å². The van der Waals surface area contributed by atoms with E-state index in [0.29, 0.717) is 5.69 Å². The van der Waals surface area contributed by atoms with Crippen molar-refractivity contribution < 1.29 is 14.8 Å². The van der Waals surface area contributed by atoms with Crippen LogP contribution in [0, 0.1) is 10.1 Å². The average molecular weight is 361 g/mol. The number of amides is 1. The quantitative estimate of drug-likeness (QED) is 0.263. The SMILES string of the molecule is C/C(O)=C(/N=Nc1ccc(Cl)cc1[N+](=O)[O-])C(=O)Nc1ccccc1. The summed E-state index contributed by atoms with van der Waals surface area (Å²) in [5.41, 5.74) is -0.331. The van der Waals surface area contributed by atoms with Crippen molar-refractivity contribution >= 4 is 34.6 Å². The number of carbonyl (C=O) groups is 1. The number of para-hydroxylation sites is 1. The second-order valence-corrected chi connectivity index (χ2v) is 5.28. The van der Waals surface area contributed by atoms with E-state index >= 15 is 0 Å². The lowest BCUT2D eigenvalue weighted by Crippen LogP contribution is -2.14. The fraction of sp³-hybridized carbons (Fsp3) is 0.0625. The summed E-state index contributed by atoms with van der Waals surface area (Å²) in [6.07, 6.45) is 0. The number of nitrogens with zero attached hydrogens (tertiary/aromatic N) is 3. The zero-order valence-electron chi connectivity index (χ0n) is 13.0. The molecule has 0 spiro atoms. The summed E-state index contributed by atoms with van der Waals surface area (Å²) in [6.45, 7) is 1.26. The van der Waals surface area contributed by atoms with Gasteiger partial charge in [-0.3, -0.25) is 14.9 Å². The first-order valence-electron chi connectivity index (χ1n) is 7.00. The lowest BCUT2D eigenvalue weighted by atomic mass is 10.3. The maximum absolute atomic E-state index is 12.2. The summed E-state index contributed by atoms with van der Waals surface area (Å²) in [7, 11) is 0. The first-order chi connectivity index (χ1) is 11.9. The van der Waals surface area contributed by atoms with Gasteiger partial charge in [0, 0.05) is 16.8 Å². The molecule has 9 heteroatoms. The Balaban J connectivity index is 2.29. The molecule has 0 saturated carbocycles. The molecule has 0 saturated heterocycles. The third-order valence-corrected chi connectivity index (χ3v) is 3.22. The molecule has 0 radical (unpaired) electrons. The molecule has 2 aromatic carbocycles. The summed E-state index contributed by atoms with van der Waals surface area (Å²) >= 11 is 5.72. The molecule has 2 aromatic rings. The number of rotatable bonds is 5. The summed E-state index contributed by atoms with van der Waals surface area (Å²) in [5.74, 6) is -1.08. The van der Waals surface area contributed by atoms with Crippen LogP contribution in [0.5, 0.6) is 0 Å². The second kappa shape index (κ2) is 8.02. The third-order valence-electron chi connectivity index (χ3n) is 2.98. The minimum Gasteiger partial charge on any atom is -0.510 e. The number of benzene rings is 2. The van der Waals surface area contributed by atoms with Gasteiger partial charge in [-0.15, -0.1) is 10.2 Å². The molecule has 0 aliphatic carbocycles. The molecule has 0 heterocycles. The van der Waals surface area contributed by atoms with E-state index in [-0.39, 0.29) is 27.9 Å². The molecule has 0 unspecified atom stereocenters. The molecule has 0 aliphatic rings. The number of aliphatic hydroxyl groups is 1. The molecule has 2 N–H and O–H groups in total. The zero-order valence-corrected chi connectivity index (χ0v) is 13.8. The smallest absolute Gasteiger partial charge is 0.298 e. The van der Waals surface area contributed by atoms with Crippen molar-refractivity contribution in [2.24, 2.45) is 10.2 Å². The van der Waals surface area contributed by atoms with E-state index in [1.165, 1.54) is 19.1 Å². The number of nitrogens with one attached hydrogen (secondary N) is 1. The van der Waals surface area contributed by atoms with Crippen molar-refractivity contribution in [3.63, 3.8) is 0 Å². The lowest BCUT2D eigenvalue weighted by Gasteiger charge is -2.05. The van der Waals surface area contributed by atoms with Gasteiger partial charge < -0.3 is 10.4 Å². The maximum Gasteiger partial charge on any atom is 0.298 e. The molecule has 0 atom stereocenters. The molecular formula is C16H13ClN4O4. The van der Waals surface area contributed by atoms with Crippen LogP contribution < -0.4 is 5.32 Å². The van der Waals surface area contributed by atoms with Crippen LogP contribution in [0.4, 0.5) is 17.1 Å². The molecule has 1 amide bonds. The number of azo groups is 1. The largest absolute Gasteiger partial charge is 0.510 e. The van der Waals surface area contributed by atoms with Crippen LogP contribution in [-0.2, 0) is 4.79 Å². The molecule has 0 aromatic heterocycles. The van der Waals surface area contributed by atoms with E-state index in [1.807, 2.05) is 0 Å². The Labute approximate surface area is 147 Å². The number of aliphatic hydroxyl groups excluding tert-OH is 1. The number of hydrogen-bond donors (Lipinski definition) is 2. The van der Waals surface area contributed by atoms with Gasteiger partial charge in [0.25, 0.3) is 11.6 Å². The van der Waals surface area contributed by atoms with Crippen molar-refractivity contribution in [3.05, 3.63) is 75.1 Å². The number of anilines is 1. The number of hydrogen-bond acceptors (Lipinski definition) is 6. The number of allylic oxidation sites excluding steroid dienone is 1. The van der Waals surface area contributed by atoms with Gasteiger partial charge in [-0.2, -0.15) is 0 Å². The predicted molar refractivity (Wildman–Crippen MR) is 93.0 cm³/mol. The zero-order chi connectivity index (χ0) is 18.4. The van der Waals surface area contributed by atoms with E-state index in [4.69, 9.17) is 11.6 Å². The number of carbonyl (C=O) groups excluding carboxylic acids is 1. The van der Waals surface area contributed by atoms with Crippen LogP contribution in [0.2, 0.25) is 5.02 Å². The van der Waals surface area contributed by atoms with Gasteiger partial charge in [-0.05, 0) is 31.2 Å². The molecule has 0 aliphatic heterocycles. The average Bonchev–Trinajstić information content (AvgIpc) is 2.56. The highest BCUT2D eigenvalue weighted by Crippen LogP contribution is 2.31. The van der Waals surface area contributed by atoms with Crippen molar-refractivity contribution in [1.82, 2.24) is 0 Å². The highest BCUT2D eigenvalue weighted by atomic mass is 35.5. The van der Waals surface area contributed by atoms with Crippen LogP contribution in [-0.4, -0.2) is 15.9 Å². The summed E-state index contributed by atoms with van der Waals surface area (Å²) < 4.78 is 0. The van der Waals surface area contributed by atoms with Crippen LogP contribution in [0.25, 0.3) is 0 Å². The van der Waals surface area contributed by atoms with E-state index in [0.717, 1.165) is 6.07 Å². The van der Waals surface area contributed by atoms with Crippen LogP contribution in [0.3, 0.4) is 0 Å². The number of nitro benzene ring substituents is 1. The Morgan fingerprint density at radius 1 is 1.24 bits per heavy atom. The van der Waals surface area contributed by atoms with Crippen molar-refractivity contribution in [3.8, 4) is 0 Å². The van der Waals surface area contributed by atoms with Gasteiger partial charge >= 0.3 is 0 Å². The Morgan fingerprint density at radius 3 is 2.52 bits per heavy atom. The predicted octanol–water partition coefficient (Wildman–Crippen LogP) is 4.76. The Bertz CT molecular complexity index is 862. The summed E-state index contributed by atoms with van der Waals surface area (Å²) in [5, 5.41) is 30.8. The van der Waals surface area contributed by atoms with Gasteiger partial charge in [0.1, 0.15) is 5.76 Å². The van der Waals surface area contributed by atoms with Crippen molar-refractivity contribution in [1.29, 1.82) is 0 Å². The Morgan fingerprint density at radius 2 is 1.92 bits per heavy atom. The minimum atomic E-state index is -0.702. The van der Waals surface area contributed by atoms with E-state index in [1.54, 1.807) is 30.3 Å². The number of halogens is 1. The van der Waals surface area contributed by atoms with Gasteiger partial charge in [-0.1, -0.05) is 29.8 Å². The molecule has 0 bridgehead atoms. The van der Waals surface area contributed by atoms with E-state index < -0.39 is 10.8 Å². The van der Waals surface area contributed by atoms with Gasteiger partial charge in [0.05, 0.1) is 4.92 Å². The third kappa shape index (κ3) is 4.85. The minimum absolute atomic E-state index is 0.0966. The van der Waals surface area contributed by atoms with E-state index in [9.17, 15) is 20.0 Å². The second-order valence-electron chi connectivity index (χ2n) is 4.84. The first-order valence-corrected chi connectivity index (χ1v) is 7.38. The fourth-order valence-electron chi connectivity index (χ4n) is 1.83. The molecule has 8 nitrogen and oxygen atoms in total. The molecule has 25 heavy (non-hydrogen) atoms. The normalized spacial score (nSPS) is 11.9. The van der Waals surface area contributed by atoms with Gasteiger partial charge in [-0.25, -0.2) is 0 Å². The Hall–Kier alpha value is -3.26. The van der Waals surface area contributed by atoms with Gasteiger partial charge in [0.15, 0.2) is 11.4 Å². The monoisotopic (exact) mass is 360 g/mol. The van der Waals surface area contributed by atoms with Crippen molar-refractivity contribution in [2.45, 2.75) is 6.92 Å². The first kappa shape index (κ1) is 18.1. The van der Waals surface area contributed by atoms with Crippen LogP contribution in [0.15, 0.2) is 70.2 Å². The number of nitro groups is 1. The fourth-order valence-corrected chi connectivity index (χ4v) is 1.99. The lowest BCUT2D eigenvalue weighted by molar-refractivity contribution is -0.384. The van der Waals surface area contributed by atoms with Crippen LogP contribution >= 0.6 is 11.6 Å². The Kier molecular flexibility index (Phi) is 5.80. The van der Waals surface area contributed by atoms with E-state index in [2.05, 4.69) is 15.5 Å².